The lowest BCUT2D eigenvalue weighted by atomic mass is 10.2. The molecular formula is C18H16BrClFN5O3. The number of carbonyl (C=O) groups excluding carboxylic acids is 2. The Hall–Kier alpha value is -2.72. The van der Waals surface area contributed by atoms with E-state index in [1.807, 2.05) is 0 Å². The van der Waals surface area contributed by atoms with Crippen molar-refractivity contribution in [2.45, 2.75) is 13.5 Å². The van der Waals surface area contributed by atoms with Gasteiger partial charge in [0.1, 0.15) is 11.5 Å². The first-order valence-corrected chi connectivity index (χ1v) is 9.65. The summed E-state index contributed by atoms with van der Waals surface area (Å²) in [4.78, 5) is 24.4. The zero-order valence-electron chi connectivity index (χ0n) is 15.4. The molecule has 2 aromatic heterocycles. The first-order chi connectivity index (χ1) is 13.8. The molecule has 8 nitrogen and oxygen atoms in total. The van der Waals surface area contributed by atoms with Crippen molar-refractivity contribution < 1.29 is 18.7 Å². The van der Waals surface area contributed by atoms with Crippen LogP contribution in [0.2, 0.25) is 5.02 Å². The number of esters is 1. The summed E-state index contributed by atoms with van der Waals surface area (Å²) in [5.41, 5.74) is 0.454. The fraction of sp³-hybridized carbons (Fsp3) is 0.222. The third-order valence-corrected chi connectivity index (χ3v) is 4.86. The van der Waals surface area contributed by atoms with Crippen LogP contribution in [-0.4, -0.2) is 38.0 Å². The molecule has 29 heavy (non-hydrogen) atoms. The lowest BCUT2D eigenvalue weighted by molar-refractivity contribution is 0.0513. The average molecular weight is 485 g/mol. The van der Waals surface area contributed by atoms with Gasteiger partial charge in [-0.2, -0.15) is 10.2 Å². The minimum atomic E-state index is -0.575. The normalized spacial score (nSPS) is 10.8. The van der Waals surface area contributed by atoms with E-state index in [0.717, 1.165) is 0 Å². The summed E-state index contributed by atoms with van der Waals surface area (Å²) in [6.07, 6.45) is 1.58. The number of anilines is 1. The quantitative estimate of drug-likeness (QED) is 0.539. The van der Waals surface area contributed by atoms with Gasteiger partial charge in [0.25, 0.3) is 5.91 Å². The number of hydrogen-bond donors (Lipinski definition) is 1. The Labute approximate surface area is 178 Å². The van der Waals surface area contributed by atoms with Crippen molar-refractivity contribution in [3.8, 4) is 0 Å². The number of ether oxygens (including phenoxy) is 1. The Morgan fingerprint density at radius 2 is 2.10 bits per heavy atom. The van der Waals surface area contributed by atoms with Gasteiger partial charge in [0.15, 0.2) is 11.5 Å². The van der Waals surface area contributed by atoms with Crippen molar-refractivity contribution in [2.75, 3.05) is 11.9 Å². The highest BCUT2D eigenvalue weighted by Crippen LogP contribution is 2.24. The maximum Gasteiger partial charge on any atom is 0.356 e. The number of nitrogens with zero attached hydrogens (tertiary/aromatic N) is 4. The average Bonchev–Trinajstić information content (AvgIpc) is 3.21. The van der Waals surface area contributed by atoms with E-state index in [4.69, 9.17) is 16.3 Å². The Bertz CT molecular complexity index is 1060. The van der Waals surface area contributed by atoms with Gasteiger partial charge in [0.05, 0.1) is 17.6 Å². The van der Waals surface area contributed by atoms with Crippen LogP contribution >= 0.6 is 27.5 Å². The third-order valence-electron chi connectivity index (χ3n) is 3.93. The second-order valence-electron chi connectivity index (χ2n) is 5.94. The molecule has 1 aromatic carbocycles. The van der Waals surface area contributed by atoms with Gasteiger partial charge in [0.2, 0.25) is 0 Å². The van der Waals surface area contributed by atoms with Crippen LogP contribution in [0.1, 0.15) is 33.5 Å². The lowest BCUT2D eigenvalue weighted by Crippen LogP contribution is -2.14. The molecule has 3 aromatic rings. The first kappa shape index (κ1) is 21.0. The van der Waals surface area contributed by atoms with Crippen LogP contribution in [0, 0.1) is 5.82 Å². The smallest absolute Gasteiger partial charge is 0.356 e. The summed E-state index contributed by atoms with van der Waals surface area (Å²) >= 11 is 9.35. The maximum absolute atomic E-state index is 14.0. The minimum absolute atomic E-state index is 0.0224. The molecule has 0 saturated heterocycles. The van der Waals surface area contributed by atoms with Crippen molar-refractivity contribution in [2.24, 2.45) is 7.05 Å². The summed E-state index contributed by atoms with van der Waals surface area (Å²) < 4.78 is 22.1. The van der Waals surface area contributed by atoms with Crippen molar-refractivity contribution in [1.82, 2.24) is 19.6 Å². The first-order valence-electron chi connectivity index (χ1n) is 8.48. The predicted molar refractivity (Wildman–Crippen MR) is 108 cm³/mol. The van der Waals surface area contributed by atoms with Gasteiger partial charge in [-0.1, -0.05) is 17.7 Å². The molecule has 11 heteroatoms. The molecule has 2 heterocycles. The molecule has 0 unspecified atom stereocenters. The summed E-state index contributed by atoms with van der Waals surface area (Å²) in [6.45, 7) is 1.97. The van der Waals surface area contributed by atoms with E-state index in [-0.39, 0.29) is 40.9 Å². The Morgan fingerprint density at radius 1 is 1.34 bits per heavy atom. The highest BCUT2D eigenvalue weighted by Gasteiger charge is 2.20. The van der Waals surface area contributed by atoms with E-state index in [9.17, 15) is 14.0 Å². The van der Waals surface area contributed by atoms with E-state index in [2.05, 4.69) is 31.4 Å². The molecule has 0 aliphatic carbocycles. The molecule has 1 amide bonds. The molecule has 0 saturated carbocycles. The SMILES string of the molecule is CCOC(=O)c1cc(C(=O)Nc2nn(Cc3c(F)cccc3Cl)cc2Br)nn1C. The second kappa shape index (κ2) is 8.75. The molecule has 152 valence electrons. The number of rotatable bonds is 6. The summed E-state index contributed by atoms with van der Waals surface area (Å²) in [6, 6.07) is 5.74. The molecule has 0 radical (unpaired) electrons. The summed E-state index contributed by atoms with van der Waals surface area (Å²) in [5, 5.41) is 11.1. The minimum Gasteiger partial charge on any atom is -0.461 e. The van der Waals surface area contributed by atoms with Crippen molar-refractivity contribution in [3.63, 3.8) is 0 Å². The highest BCUT2D eigenvalue weighted by atomic mass is 79.9. The molecule has 3 rings (SSSR count). The molecule has 0 fully saturated rings. The molecular weight excluding hydrogens is 469 g/mol. The van der Waals surface area contributed by atoms with Crippen LogP contribution in [0.4, 0.5) is 10.2 Å². The zero-order chi connectivity index (χ0) is 21.1. The van der Waals surface area contributed by atoms with Gasteiger partial charge >= 0.3 is 5.97 Å². The van der Waals surface area contributed by atoms with Crippen molar-refractivity contribution in [1.29, 1.82) is 0 Å². The molecule has 0 aliphatic rings. The second-order valence-corrected chi connectivity index (χ2v) is 7.20. The number of amides is 1. The lowest BCUT2D eigenvalue weighted by Gasteiger charge is -2.05. The van der Waals surface area contributed by atoms with Crippen LogP contribution in [0.25, 0.3) is 0 Å². The zero-order valence-corrected chi connectivity index (χ0v) is 17.8. The van der Waals surface area contributed by atoms with Gasteiger partial charge in [-0.25, -0.2) is 9.18 Å². The summed E-state index contributed by atoms with van der Waals surface area (Å²) in [5.74, 6) is -1.37. The van der Waals surface area contributed by atoms with Crippen LogP contribution in [0.5, 0.6) is 0 Å². The number of aryl methyl sites for hydroxylation is 1. The Balaban J connectivity index is 1.77. The van der Waals surface area contributed by atoms with Crippen LogP contribution in [0.3, 0.4) is 0 Å². The molecule has 0 aliphatic heterocycles. The Kier molecular flexibility index (Phi) is 6.33. The van der Waals surface area contributed by atoms with Crippen molar-refractivity contribution >= 4 is 45.2 Å². The standard InChI is InChI=1S/C18H16BrClFN5O3/c1-3-29-18(28)15-7-14(23-25(15)2)17(27)22-16-11(19)9-26(24-16)8-10-12(20)5-4-6-13(10)21/h4-7,9H,3,8H2,1-2H3,(H,22,24,27). The molecule has 0 spiro atoms. The largest absolute Gasteiger partial charge is 0.461 e. The Morgan fingerprint density at radius 3 is 2.79 bits per heavy atom. The monoisotopic (exact) mass is 483 g/mol. The maximum atomic E-state index is 14.0. The van der Waals surface area contributed by atoms with Crippen LogP contribution in [-0.2, 0) is 18.3 Å². The van der Waals surface area contributed by atoms with Gasteiger partial charge in [-0.3, -0.25) is 14.2 Å². The van der Waals surface area contributed by atoms with Crippen LogP contribution < -0.4 is 5.32 Å². The molecule has 0 bridgehead atoms. The fourth-order valence-electron chi connectivity index (χ4n) is 2.55. The fourth-order valence-corrected chi connectivity index (χ4v) is 3.19. The van der Waals surface area contributed by atoms with Crippen molar-refractivity contribution in [3.05, 3.63) is 62.7 Å². The van der Waals surface area contributed by atoms with Gasteiger partial charge in [-0.15, -0.1) is 0 Å². The number of hydrogen-bond acceptors (Lipinski definition) is 5. The molecule has 1 N–H and O–H groups in total. The number of halogens is 3. The van der Waals surface area contributed by atoms with E-state index >= 15 is 0 Å². The van der Waals surface area contributed by atoms with Crippen LogP contribution in [0.15, 0.2) is 34.9 Å². The number of carbonyl (C=O) groups is 2. The number of nitrogens with one attached hydrogen (secondary N) is 1. The van der Waals surface area contributed by atoms with E-state index in [1.54, 1.807) is 19.2 Å². The van der Waals surface area contributed by atoms with E-state index in [1.165, 1.54) is 34.6 Å². The number of benzene rings is 1. The van der Waals surface area contributed by atoms with E-state index in [0.29, 0.717) is 4.47 Å². The van der Waals surface area contributed by atoms with Gasteiger partial charge in [-0.05, 0) is 35.0 Å². The van der Waals surface area contributed by atoms with Gasteiger partial charge < -0.3 is 10.1 Å². The highest BCUT2D eigenvalue weighted by molar-refractivity contribution is 9.10. The van der Waals surface area contributed by atoms with Gasteiger partial charge in [0, 0.05) is 29.9 Å². The molecule has 0 atom stereocenters. The predicted octanol–water partition coefficient (Wildman–Crippen LogP) is 3.65. The van der Waals surface area contributed by atoms with E-state index < -0.39 is 17.7 Å². The third kappa shape index (κ3) is 4.65. The topological polar surface area (TPSA) is 91.0 Å². The summed E-state index contributed by atoms with van der Waals surface area (Å²) in [7, 11) is 1.53. The number of aromatic nitrogens is 4.